The van der Waals surface area contributed by atoms with Crippen molar-refractivity contribution in [2.45, 2.75) is 25.4 Å². The Bertz CT molecular complexity index is 813. The van der Waals surface area contributed by atoms with E-state index in [0.29, 0.717) is 19.8 Å². The minimum Gasteiger partial charge on any atom is -0.486 e. The van der Waals surface area contributed by atoms with Crippen LogP contribution in [0.25, 0.3) is 0 Å². The van der Waals surface area contributed by atoms with Crippen molar-refractivity contribution in [3.63, 3.8) is 0 Å². The quantitative estimate of drug-likeness (QED) is 0.628. The van der Waals surface area contributed by atoms with Gasteiger partial charge < -0.3 is 14.2 Å². The van der Waals surface area contributed by atoms with E-state index < -0.39 is 10.0 Å². The van der Waals surface area contributed by atoms with Gasteiger partial charge in [-0.1, -0.05) is 6.07 Å². The molecule has 2 fully saturated rings. The van der Waals surface area contributed by atoms with E-state index in [-0.39, 0.29) is 6.04 Å². The Hall–Kier alpha value is -1.39. The van der Waals surface area contributed by atoms with Gasteiger partial charge in [-0.25, -0.2) is 8.42 Å². The summed E-state index contributed by atoms with van der Waals surface area (Å²) >= 11 is 0. The number of nitrogens with zero attached hydrogens (tertiary/aromatic N) is 3. The van der Waals surface area contributed by atoms with Gasteiger partial charge in [0.15, 0.2) is 11.5 Å². The fourth-order valence-corrected chi connectivity index (χ4v) is 5.67. The van der Waals surface area contributed by atoms with E-state index in [1.54, 1.807) is 4.31 Å². The number of piperidine rings is 1. The van der Waals surface area contributed by atoms with Crippen LogP contribution in [0, 0.1) is 0 Å². The molecule has 0 saturated carbocycles. The van der Waals surface area contributed by atoms with Crippen LogP contribution in [0.5, 0.6) is 11.5 Å². The van der Waals surface area contributed by atoms with Crippen LogP contribution in [0.3, 0.4) is 0 Å². The van der Waals surface area contributed by atoms with Gasteiger partial charge in [0.2, 0.25) is 10.0 Å². The number of morpholine rings is 1. The zero-order valence-corrected chi connectivity index (χ0v) is 18.6. The molecule has 1 aromatic rings. The van der Waals surface area contributed by atoms with Crippen molar-refractivity contribution in [3.8, 4) is 11.5 Å². The molecule has 3 heterocycles. The first kappa shape index (κ1) is 21.8. The molecule has 0 aliphatic carbocycles. The zero-order chi connectivity index (χ0) is 21.0. The lowest BCUT2D eigenvalue weighted by molar-refractivity contribution is 0.0337. The zero-order valence-electron chi connectivity index (χ0n) is 17.8. The predicted octanol–water partition coefficient (Wildman–Crippen LogP) is 1.02. The molecule has 9 heteroatoms. The molecule has 0 amide bonds. The molecule has 0 spiro atoms. The number of hydrogen-bond donors (Lipinski definition) is 0. The molecular weight excluding hydrogens is 406 g/mol. The monoisotopic (exact) mass is 439 g/mol. The Kier molecular flexibility index (Phi) is 7.15. The van der Waals surface area contributed by atoms with E-state index in [9.17, 15) is 8.42 Å². The van der Waals surface area contributed by atoms with E-state index in [2.05, 4.69) is 15.9 Å². The minimum atomic E-state index is -3.26. The Labute approximate surface area is 179 Å². The largest absolute Gasteiger partial charge is 0.486 e. The molecule has 0 bridgehead atoms. The highest BCUT2D eigenvalue weighted by Crippen LogP contribution is 2.31. The van der Waals surface area contributed by atoms with Gasteiger partial charge in [0.05, 0.1) is 19.5 Å². The van der Waals surface area contributed by atoms with Gasteiger partial charge >= 0.3 is 0 Å². The van der Waals surface area contributed by atoms with Crippen molar-refractivity contribution in [1.29, 1.82) is 0 Å². The van der Waals surface area contributed by atoms with Crippen LogP contribution in [0.15, 0.2) is 18.2 Å². The third-order valence-corrected chi connectivity index (χ3v) is 7.40. The highest BCUT2D eigenvalue weighted by molar-refractivity contribution is 7.88. The third kappa shape index (κ3) is 5.64. The highest BCUT2D eigenvalue weighted by Gasteiger charge is 2.31. The first-order chi connectivity index (χ1) is 14.5. The van der Waals surface area contributed by atoms with Crippen LogP contribution in [-0.2, 0) is 21.3 Å². The Morgan fingerprint density at radius 3 is 2.57 bits per heavy atom. The van der Waals surface area contributed by atoms with E-state index in [0.717, 1.165) is 76.8 Å². The summed E-state index contributed by atoms with van der Waals surface area (Å²) in [6, 6.07) is 6.11. The minimum absolute atomic E-state index is 0.0204. The number of likely N-dealkylation sites (tertiary alicyclic amines) is 1. The molecular formula is C21H33N3O5S. The summed E-state index contributed by atoms with van der Waals surface area (Å²) in [5.41, 5.74) is 1.17. The number of fused-ring (bicyclic) bond motifs is 1. The first-order valence-corrected chi connectivity index (χ1v) is 12.7. The standard InChI is InChI=1S/C21H33N3O5S/c1-30(25,26)24(8-7-22-9-11-27-12-10-22)19-3-2-6-23(17-19)16-18-4-5-20-21(15-18)29-14-13-28-20/h4-5,15,19H,2-3,6-14,16-17H2,1H3. The first-order valence-electron chi connectivity index (χ1n) is 10.9. The average Bonchev–Trinajstić information content (AvgIpc) is 2.74. The van der Waals surface area contributed by atoms with Crippen molar-refractivity contribution in [1.82, 2.24) is 14.1 Å². The fraction of sp³-hybridized carbons (Fsp3) is 0.714. The van der Waals surface area contributed by atoms with Crippen molar-refractivity contribution in [3.05, 3.63) is 23.8 Å². The maximum Gasteiger partial charge on any atom is 0.211 e. The molecule has 2 saturated heterocycles. The van der Waals surface area contributed by atoms with Gasteiger partial charge in [-0.3, -0.25) is 9.80 Å². The van der Waals surface area contributed by atoms with E-state index >= 15 is 0 Å². The van der Waals surface area contributed by atoms with Crippen LogP contribution >= 0.6 is 0 Å². The lowest BCUT2D eigenvalue weighted by atomic mass is 10.0. The smallest absolute Gasteiger partial charge is 0.211 e. The van der Waals surface area contributed by atoms with Gasteiger partial charge in [0.25, 0.3) is 0 Å². The van der Waals surface area contributed by atoms with Crippen LogP contribution in [-0.4, -0.2) is 101 Å². The SMILES string of the molecule is CS(=O)(=O)N(CCN1CCOCC1)C1CCCN(Cc2ccc3c(c2)OCCO3)C1. The van der Waals surface area contributed by atoms with Crippen LogP contribution in [0.2, 0.25) is 0 Å². The molecule has 168 valence electrons. The molecule has 0 aromatic heterocycles. The summed E-state index contributed by atoms with van der Waals surface area (Å²) in [7, 11) is -3.26. The number of rotatable bonds is 7. The summed E-state index contributed by atoms with van der Waals surface area (Å²) in [6.07, 6.45) is 3.25. The fourth-order valence-electron chi connectivity index (χ4n) is 4.54. The van der Waals surface area contributed by atoms with E-state index in [1.807, 2.05) is 12.1 Å². The second-order valence-corrected chi connectivity index (χ2v) is 10.3. The molecule has 1 unspecified atom stereocenters. The normalized spacial score (nSPS) is 23.6. The topological polar surface area (TPSA) is 71.6 Å². The maximum absolute atomic E-state index is 12.6. The highest BCUT2D eigenvalue weighted by atomic mass is 32.2. The van der Waals surface area contributed by atoms with E-state index in [1.165, 1.54) is 11.8 Å². The molecule has 0 radical (unpaired) electrons. The molecule has 8 nitrogen and oxygen atoms in total. The lowest BCUT2D eigenvalue weighted by Gasteiger charge is -2.39. The second-order valence-electron chi connectivity index (χ2n) is 8.34. The third-order valence-electron chi connectivity index (χ3n) is 6.07. The summed E-state index contributed by atoms with van der Waals surface area (Å²) in [6.45, 7) is 8.19. The molecule has 1 atom stereocenters. The number of ether oxygens (including phenoxy) is 3. The number of hydrogen-bond acceptors (Lipinski definition) is 7. The summed E-state index contributed by atoms with van der Waals surface area (Å²) in [5.74, 6) is 1.60. The van der Waals surface area contributed by atoms with E-state index in [4.69, 9.17) is 14.2 Å². The average molecular weight is 440 g/mol. The van der Waals surface area contributed by atoms with Crippen molar-refractivity contribution in [2.75, 3.05) is 72.0 Å². The second kappa shape index (κ2) is 9.82. The number of benzene rings is 1. The molecule has 1 aromatic carbocycles. The van der Waals surface area contributed by atoms with Gasteiger partial charge in [0.1, 0.15) is 13.2 Å². The lowest BCUT2D eigenvalue weighted by Crippen LogP contribution is -2.52. The Morgan fingerprint density at radius 2 is 1.80 bits per heavy atom. The summed E-state index contributed by atoms with van der Waals surface area (Å²) < 4.78 is 43.6. The van der Waals surface area contributed by atoms with Crippen molar-refractivity contribution < 1.29 is 22.6 Å². The molecule has 3 aliphatic rings. The number of sulfonamides is 1. The Balaban J connectivity index is 1.38. The van der Waals surface area contributed by atoms with Gasteiger partial charge in [-0.15, -0.1) is 0 Å². The van der Waals surface area contributed by atoms with Gasteiger partial charge in [-0.05, 0) is 37.1 Å². The van der Waals surface area contributed by atoms with Crippen molar-refractivity contribution in [2.24, 2.45) is 0 Å². The van der Waals surface area contributed by atoms with Crippen LogP contribution in [0.1, 0.15) is 18.4 Å². The molecule has 0 N–H and O–H groups in total. The van der Waals surface area contributed by atoms with Crippen LogP contribution in [0.4, 0.5) is 0 Å². The molecule has 3 aliphatic heterocycles. The molecule has 4 rings (SSSR count). The maximum atomic E-state index is 12.6. The Morgan fingerprint density at radius 1 is 1.03 bits per heavy atom. The van der Waals surface area contributed by atoms with Crippen molar-refractivity contribution >= 4 is 10.0 Å². The van der Waals surface area contributed by atoms with Gasteiger partial charge in [0, 0.05) is 45.3 Å². The molecule has 30 heavy (non-hydrogen) atoms. The van der Waals surface area contributed by atoms with Crippen LogP contribution < -0.4 is 9.47 Å². The van der Waals surface area contributed by atoms with Gasteiger partial charge in [-0.2, -0.15) is 4.31 Å². The predicted molar refractivity (Wildman–Crippen MR) is 115 cm³/mol. The summed E-state index contributed by atoms with van der Waals surface area (Å²) in [5, 5.41) is 0. The summed E-state index contributed by atoms with van der Waals surface area (Å²) in [4.78, 5) is 4.64.